The van der Waals surface area contributed by atoms with E-state index >= 15 is 0 Å². The van der Waals surface area contributed by atoms with Gasteiger partial charge in [0.05, 0.1) is 0 Å². The molecule has 0 unspecified atom stereocenters. The van der Waals surface area contributed by atoms with Gasteiger partial charge in [-0.1, -0.05) is 31.9 Å². The number of carbonyl (C=O) groups excluding carboxylic acids is 1. The van der Waals surface area contributed by atoms with Crippen LogP contribution >= 0.6 is 31.9 Å². The Balaban J connectivity index is 2.96. The maximum Gasteiger partial charge on any atom is 0.259 e. The standard InChI is InChI=1S/C11H11Br2F2NO/c1-16(4-2-3-12)11(17)10-8(14)5-7(13)6-9(10)15/h5-6H,2-4H2,1H3. The van der Waals surface area contributed by atoms with Gasteiger partial charge in [-0.3, -0.25) is 4.79 Å². The molecule has 0 N–H and O–H groups in total. The topological polar surface area (TPSA) is 20.3 Å². The maximum atomic E-state index is 13.5. The van der Waals surface area contributed by atoms with E-state index in [1.165, 1.54) is 11.9 Å². The summed E-state index contributed by atoms with van der Waals surface area (Å²) in [5, 5.41) is 0.732. The fraction of sp³-hybridized carbons (Fsp3) is 0.364. The number of halogens is 4. The summed E-state index contributed by atoms with van der Waals surface area (Å²) in [5.41, 5.74) is -0.509. The average Bonchev–Trinajstić information content (AvgIpc) is 2.24. The maximum absolute atomic E-state index is 13.5. The first-order valence-electron chi connectivity index (χ1n) is 4.93. The highest BCUT2D eigenvalue weighted by atomic mass is 79.9. The van der Waals surface area contributed by atoms with Gasteiger partial charge in [0.1, 0.15) is 17.2 Å². The van der Waals surface area contributed by atoms with Crippen molar-refractivity contribution in [3.63, 3.8) is 0 Å². The largest absolute Gasteiger partial charge is 0.341 e. The smallest absolute Gasteiger partial charge is 0.259 e. The SMILES string of the molecule is CN(CCCBr)C(=O)c1c(F)cc(Br)cc1F. The van der Waals surface area contributed by atoms with Crippen LogP contribution in [0.3, 0.4) is 0 Å². The van der Waals surface area contributed by atoms with E-state index in [0.717, 1.165) is 23.9 Å². The summed E-state index contributed by atoms with van der Waals surface area (Å²) in [6.45, 7) is 0.443. The fourth-order valence-corrected chi connectivity index (χ4v) is 1.99. The van der Waals surface area contributed by atoms with Gasteiger partial charge in [0.25, 0.3) is 5.91 Å². The third-order valence-electron chi connectivity index (χ3n) is 2.19. The first-order chi connectivity index (χ1) is 7.97. The van der Waals surface area contributed by atoms with Gasteiger partial charge in [-0.05, 0) is 18.6 Å². The molecule has 6 heteroatoms. The van der Waals surface area contributed by atoms with Crippen molar-refractivity contribution in [2.45, 2.75) is 6.42 Å². The van der Waals surface area contributed by atoms with Crippen molar-refractivity contribution in [1.82, 2.24) is 4.90 Å². The molecule has 1 aromatic carbocycles. The molecule has 0 aromatic heterocycles. The van der Waals surface area contributed by atoms with Gasteiger partial charge in [-0.15, -0.1) is 0 Å². The van der Waals surface area contributed by atoms with Gasteiger partial charge in [0, 0.05) is 23.4 Å². The van der Waals surface area contributed by atoms with E-state index in [4.69, 9.17) is 0 Å². The Bertz CT molecular complexity index is 403. The monoisotopic (exact) mass is 369 g/mol. The molecule has 0 aliphatic rings. The molecule has 0 heterocycles. The molecule has 0 saturated heterocycles. The first-order valence-corrected chi connectivity index (χ1v) is 6.84. The van der Waals surface area contributed by atoms with Crippen LogP contribution < -0.4 is 0 Å². The van der Waals surface area contributed by atoms with Crippen molar-refractivity contribution >= 4 is 37.8 Å². The van der Waals surface area contributed by atoms with E-state index in [1.54, 1.807) is 0 Å². The Labute approximate surface area is 115 Å². The summed E-state index contributed by atoms with van der Waals surface area (Å²) >= 11 is 6.19. The Kier molecular flexibility index (Phi) is 5.52. The van der Waals surface area contributed by atoms with Crippen LogP contribution in [0.25, 0.3) is 0 Å². The predicted molar refractivity (Wildman–Crippen MR) is 69.4 cm³/mol. The van der Waals surface area contributed by atoms with Crippen LogP contribution in [0.4, 0.5) is 8.78 Å². The lowest BCUT2D eigenvalue weighted by Crippen LogP contribution is -2.29. The minimum atomic E-state index is -0.854. The summed E-state index contributed by atoms with van der Waals surface area (Å²) in [6, 6.07) is 2.16. The minimum Gasteiger partial charge on any atom is -0.341 e. The van der Waals surface area contributed by atoms with E-state index in [-0.39, 0.29) is 4.47 Å². The van der Waals surface area contributed by atoms with Gasteiger partial charge < -0.3 is 4.90 Å². The van der Waals surface area contributed by atoms with Gasteiger partial charge in [-0.25, -0.2) is 8.78 Å². The summed E-state index contributed by atoms with van der Waals surface area (Å²) in [7, 11) is 1.52. The normalized spacial score (nSPS) is 10.4. The molecule has 0 bridgehead atoms. The van der Waals surface area contributed by atoms with Gasteiger partial charge in [0.2, 0.25) is 0 Å². The molecule has 94 valence electrons. The summed E-state index contributed by atoms with van der Waals surface area (Å²) < 4.78 is 27.3. The third-order valence-corrected chi connectivity index (χ3v) is 3.21. The predicted octanol–water partition coefficient (Wildman–Crippen LogP) is 3.58. The number of hydrogen-bond donors (Lipinski definition) is 0. The molecular weight excluding hydrogens is 360 g/mol. The number of hydrogen-bond acceptors (Lipinski definition) is 1. The Morgan fingerprint density at radius 2 is 1.88 bits per heavy atom. The zero-order chi connectivity index (χ0) is 13.0. The molecule has 0 saturated carbocycles. The van der Waals surface area contributed by atoms with E-state index < -0.39 is 23.1 Å². The zero-order valence-corrected chi connectivity index (χ0v) is 12.3. The molecular formula is C11H11Br2F2NO. The van der Waals surface area contributed by atoms with E-state index in [9.17, 15) is 13.6 Å². The quantitative estimate of drug-likeness (QED) is 0.742. The highest BCUT2D eigenvalue weighted by molar-refractivity contribution is 9.10. The first kappa shape index (κ1) is 14.6. The second-order valence-corrected chi connectivity index (χ2v) is 5.22. The van der Waals surface area contributed by atoms with Crippen molar-refractivity contribution in [3.05, 3.63) is 33.8 Å². The van der Waals surface area contributed by atoms with Crippen LogP contribution in [0, 0.1) is 11.6 Å². The van der Waals surface area contributed by atoms with Crippen LogP contribution in [0.15, 0.2) is 16.6 Å². The van der Waals surface area contributed by atoms with Gasteiger partial charge in [0.15, 0.2) is 0 Å². The highest BCUT2D eigenvalue weighted by Crippen LogP contribution is 2.20. The number of nitrogens with zero attached hydrogens (tertiary/aromatic N) is 1. The number of amides is 1. The number of alkyl halides is 1. The van der Waals surface area contributed by atoms with Crippen LogP contribution in [0.1, 0.15) is 16.8 Å². The Morgan fingerprint density at radius 3 is 2.35 bits per heavy atom. The van der Waals surface area contributed by atoms with Crippen molar-refractivity contribution in [1.29, 1.82) is 0 Å². The molecule has 1 rings (SSSR count). The molecule has 1 amide bonds. The summed E-state index contributed by atoms with van der Waals surface area (Å²) in [5.74, 6) is -2.35. The number of carbonyl (C=O) groups is 1. The lowest BCUT2D eigenvalue weighted by atomic mass is 10.1. The van der Waals surface area contributed by atoms with Crippen LogP contribution in [0.5, 0.6) is 0 Å². The molecule has 2 nitrogen and oxygen atoms in total. The zero-order valence-electron chi connectivity index (χ0n) is 9.14. The lowest BCUT2D eigenvalue weighted by Gasteiger charge is -2.17. The van der Waals surface area contributed by atoms with Gasteiger partial charge >= 0.3 is 0 Å². The summed E-state index contributed by atoms with van der Waals surface area (Å²) in [6.07, 6.45) is 0.724. The molecule has 1 aromatic rings. The number of rotatable bonds is 4. The highest BCUT2D eigenvalue weighted by Gasteiger charge is 2.21. The summed E-state index contributed by atoms with van der Waals surface area (Å²) in [4.78, 5) is 13.1. The number of benzene rings is 1. The van der Waals surface area contributed by atoms with Gasteiger partial charge in [-0.2, -0.15) is 0 Å². The van der Waals surface area contributed by atoms with Crippen molar-refractivity contribution < 1.29 is 13.6 Å². The van der Waals surface area contributed by atoms with Crippen LogP contribution in [0.2, 0.25) is 0 Å². The molecule has 0 atom stereocenters. The van der Waals surface area contributed by atoms with Crippen molar-refractivity contribution in [3.8, 4) is 0 Å². The second kappa shape index (κ2) is 6.44. The van der Waals surface area contributed by atoms with Crippen LogP contribution in [-0.2, 0) is 0 Å². The molecule has 0 radical (unpaired) electrons. The Morgan fingerprint density at radius 1 is 1.35 bits per heavy atom. The fourth-order valence-electron chi connectivity index (χ4n) is 1.34. The third kappa shape index (κ3) is 3.74. The molecule has 0 fully saturated rings. The molecule has 0 spiro atoms. The van der Waals surface area contributed by atoms with Crippen molar-refractivity contribution in [2.24, 2.45) is 0 Å². The van der Waals surface area contributed by atoms with Crippen molar-refractivity contribution in [2.75, 3.05) is 18.9 Å². The van der Waals surface area contributed by atoms with E-state index in [1.807, 2.05) is 0 Å². The van der Waals surface area contributed by atoms with Crippen LogP contribution in [-0.4, -0.2) is 29.7 Å². The average molecular weight is 371 g/mol. The van der Waals surface area contributed by atoms with E-state index in [0.29, 0.717) is 6.54 Å². The molecule has 0 aliphatic carbocycles. The lowest BCUT2D eigenvalue weighted by molar-refractivity contribution is 0.0786. The van der Waals surface area contributed by atoms with E-state index in [2.05, 4.69) is 31.9 Å². The Hall–Kier alpha value is -0.490. The molecule has 0 aliphatic heterocycles. The molecule has 17 heavy (non-hydrogen) atoms. The second-order valence-electron chi connectivity index (χ2n) is 3.51. The minimum absolute atomic E-state index is 0.271.